The van der Waals surface area contributed by atoms with Gasteiger partial charge in [0.05, 0.1) is 18.4 Å². The maximum absolute atomic E-state index is 12.3. The summed E-state index contributed by atoms with van der Waals surface area (Å²) < 4.78 is 10.8. The molecule has 0 bridgehead atoms. The quantitative estimate of drug-likeness (QED) is 0.803. The highest BCUT2D eigenvalue weighted by Gasteiger charge is 2.38. The number of Topliss-reactive ketones (excluding diaryl/α,β-unsaturated/α-hetero) is 1. The van der Waals surface area contributed by atoms with Crippen LogP contribution in [-0.2, 0) is 9.59 Å². The zero-order chi connectivity index (χ0) is 14.1. The third-order valence-corrected chi connectivity index (χ3v) is 3.65. The van der Waals surface area contributed by atoms with Crippen molar-refractivity contribution in [3.8, 4) is 0 Å². The second-order valence-electron chi connectivity index (χ2n) is 4.96. The number of hydrogen-bond acceptors (Lipinski definition) is 4. The standard InChI is InChI=1S/C16H14O4/c1-10(17)16-12(15-5-3-7-20-15)8-11(9-13(16)18)14-4-2-6-19-14/h2-7,9,12,16H,8H2,1H3/t12-,16-/m0/s1. The first kappa shape index (κ1) is 12.7. The Morgan fingerprint density at radius 1 is 1.20 bits per heavy atom. The molecule has 0 amide bonds. The van der Waals surface area contributed by atoms with E-state index in [9.17, 15) is 9.59 Å². The number of hydrogen-bond donors (Lipinski definition) is 0. The molecule has 0 aromatic carbocycles. The molecule has 0 aliphatic heterocycles. The van der Waals surface area contributed by atoms with Crippen LogP contribution in [0.5, 0.6) is 0 Å². The van der Waals surface area contributed by atoms with Crippen LogP contribution in [0.4, 0.5) is 0 Å². The second kappa shape index (κ2) is 4.96. The Bertz CT molecular complexity index is 647. The molecule has 2 aromatic heterocycles. The van der Waals surface area contributed by atoms with Crippen molar-refractivity contribution in [1.82, 2.24) is 0 Å². The van der Waals surface area contributed by atoms with Gasteiger partial charge in [-0.1, -0.05) is 0 Å². The maximum Gasteiger partial charge on any atom is 0.167 e. The molecular weight excluding hydrogens is 256 g/mol. The molecule has 1 aliphatic carbocycles. The van der Waals surface area contributed by atoms with E-state index < -0.39 is 5.92 Å². The molecule has 0 unspecified atom stereocenters. The van der Waals surface area contributed by atoms with E-state index in [0.29, 0.717) is 17.9 Å². The molecule has 0 spiro atoms. The first-order valence-corrected chi connectivity index (χ1v) is 6.49. The van der Waals surface area contributed by atoms with Crippen LogP contribution in [0.1, 0.15) is 30.8 Å². The van der Waals surface area contributed by atoms with E-state index in [1.807, 2.05) is 6.07 Å². The molecule has 0 saturated heterocycles. The van der Waals surface area contributed by atoms with Gasteiger partial charge in [-0.3, -0.25) is 9.59 Å². The molecule has 2 heterocycles. The summed E-state index contributed by atoms with van der Waals surface area (Å²) in [7, 11) is 0. The Balaban J connectivity index is 2.02. The lowest BCUT2D eigenvalue weighted by atomic mass is 9.75. The highest BCUT2D eigenvalue weighted by molar-refractivity contribution is 6.11. The van der Waals surface area contributed by atoms with E-state index in [4.69, 9.17) is 8.83 Å². The number of allylic oxidation sites excluding steroid dienone is 2. The van der Waals surface area contributed by atoms with Crippen molar-refractivity contribution >= 4 is 17.1 Å². The summed E-state index contributed by atoms with van der Waals surface area (Å²) in [4.78, 5) is 24.1. The Morgan fingerprint density at radius 2 is 1.95 bits per heavy atom. The summed E-state index contributed by atoms with van der Waals surface area (Å²) in [5, 5.41) is 0. The van der Waals surface area contributed by atoms with Gasteiger partial charge in [0.25, 0.3) is 0 Å². The van der Waals surface area contributed by atoms with Crippen LogP contribution in [0, 0.1) is 5.92 Å². The minimum atomic E-state index is -0.667. The fourth-order valence-corrected chi connectivity index (χ4v) is 2.76. The molecule has 102 valence electrons. The minimum absolute atomic E-state index is 0.133. The second-order valence-corrected chi connectivity index (χ2v) is 4.96. The number of carbonyl (C=O) groups is 2. The normalized spacial score (nSPS) is 22.6. The molecular formula is C16H14O4. The van der Waals surface area contributed by atoms with Gasteiger partial charge in [-0.15, -0.1) is 0 Å². The van der Waals surface area contributed by atoms with Crippen molar-refractivity contribution in [3.63, 3.8) is 0 Å². The highest BCUT2D eigenvalue weighted by Crippen LogP contribution is 2.40. The van der Waals surface area contributed by atoms with Gasteiger partial charge in [0.15, 0.2) is 5.78 Å². The van der Waals surface area contributed by atoms with Gasteiger partial charge in [0.2, 0.25) is 0 Å². The summed E-state index contributed by atoms with van der Waals surface area (Å²) in [5.74, 6) is 0.0790. The predicted molar refractivity (Wildman–Crippen MR) is 71.9 cm³/mol. The Labute approximate surface area is 116 Å². The lowest BCUT2D eigenvalue weighted by Gasteiger charge is -2.26. The third kappa shape index (κ3) is 2.13. The fraction of sp³-hybridized carbons (Fsp3) is 0.250. The lowest BCUT2D eigenvalue weighted by molar-refractivity contribution is -0.130. The number of rotatable bonds is 3. The van der Waals surface area contributed by atoms with Crippen LogP contribution < -0.4 is 0 Å². The van der Waals surface area contributed by atoms with Crippen LogP contribution in [-0.4, -0.2) is 11.6 Å². The van der Waals surface area contributed by atoms with Gasteiger partial charge in [-0.25, -0.2) is 0 Å². The van der Waals surface area contributed by atoms with Gasteiger partial charge in [0.1, 0.15) is 17.3 Å². The molecule has 0 N–H and O–H groups in total. The summed E-state index contributed by atoms with van der Waals surface area (Å²) >= 11 is 0. The minimum Gasteiger partial charge on any atom is -0.469 e. The van der Waals surface area contributed by atoms with Crippen molar-refractivity contribution in [2.45, 2.75) is 19.3 Å². The zero-order valence-corrected chi connectivity index (χ0v) is 11.0. The van der Waals surface area contributed by atoms with Crippen molar-refractivity contribution < 1.29 is 18.4 Å². The van der Waals surface area contributed by atoms with Crippen LogP contribution >= 0.6 is 0 Å². The average Bonchev–Trinajstić information content (AvgIpc) is 3.11. The van der Waals surface area contributed by atoms with E-state index in [-0.39, 0.29) is 17.5 Å². The molecule has 0 fully saturated rings. The lowest BCUT2D eigenvalue weighted by Crippen LogP contribution is -2.30. The molecule has 0 radical (unpaired) electrons. The monoisotopic (exact) mass is 270 g/mol. The van der Waals surface area contributed by atoms with Crippen molar-refractivity contribution in [1.29, 1.82) is 0 Å². The van der Waals surface area contributed by atoms with Gasteiger partial charge < -0.3 is 8.83 Å². The topological polar surface area (TPSA) is 60.4 Å². The number of furan rings is 2. The fourth-order valence-electron chi connectivity index (χ4n) is 2.76. The van der Waals surface area contributed by atoms with Gasteiger partial charge >= 0.3 is 0 Å². The van der Waals surface area contributed by atoms with E-state index in [0.717, 1.165) is 5.57 Å². The number of carbonyl (C=O) groups excluding carboxylic acids is 2. The first-order chi connectivity index (χ1) is 9.66. The molecule has 3 rings (SSSR count). The largest absolute Gasteiger partial charge is 0.469 e. The SMILES string of the molecule is CC(=O)[C@@H]1C(=O)C=C(c2ccco2)C[C@H]1c1ccco1. The Hall–Kier alpha value is -2.36. The third-order valence-electron chi connectivity index (χ3n) is 3.65. The molecule has 4 heteroatoms. The average molecular weight is 270 g/mol. The first-order valence-electron chi connectivity index (χ1n) is 6.49. The predicted octanol–water partition coefficient (Wildman–Crippen LogP) is 3.22. The smallest absolute Gasteiger partial charge is 0.167 e. The molecule has 2 atom stereocenters. The van der Waals surface area contributed by atoms with Crippen LogP contribution in [0.3, 0.4) is 0 Å². The summed E-state index contributed by atoms with van der Waals surface area (Å²) in [6.45, 7) is 1.45. The Morgan fingerprint density at radius 3 is 2.55 bits per heavy atom. The van der Waals surface area contributed by atoms with Gasteiger partial charge in [0, 0.05) is 5.92 Å². The van der Waals surface area contributed by atoms with Crippen LogP contribution in [0.2, 0.25) is 0 Å². The van der Waals surface area contributed by atoms with Crippen molar-refractivity contribution in [2.24, 2.45) is 5.92 Å². The number of ketones is 2. The summed E-state index contributed by atoms with van der Waals surface area (Å²) in [6, 6.07) is 7.16. The van der Waals surface area contributed by atoms with Gasteiger partial charge in [-0.05, 0) is 49.3 Å². The molecule has 20 heavy (non-hydrogen) atoms. The van der Waals surface area contributed by atoms with Crippen molar-refractivity contribution in [2.75, 3.05) is 0 Å². The highest BCUT2D eigenvalue weighted by atomic mass is 16.3. The van der Waals surface area contributed by atoms with E-state index in [1.54, 1.807) is 30.7 Å². The molecule has 1 aliphatic rings. The summed E-state index contributed by atoms with van der Waals surface area (Å²) in [5.41, 5.74) is 0.805. The van der Waals surface area contributed by atoms with E-state index >= 15 is 0 Å². The molecule has 0 saturated carbocycles. The Kier molecular flexibility index (Phi) is 3.14. The van der Waals surface area contributed by atoms with Crippen LogP contribution in [0.25, 0.3) is 5.57 Å². The van der Waals surface area contributed by atoms with E-state index in [1.165, 1.54) is 13.0 Å². The summed E-state index contributed by atoms with van der Waals surface area (Å²) in [6.07, 6.45) is 5.20. The van der Waals surface area contributed by atoms with Crippen LogP contribution in [0.15, 0.2) is 51.7 Å². The maximum atomic E-state index is 12.3. The van der Waals surface area contributed by atoms with E-state index in [2.05, 4.69) is 0 Å². The molecule has 4 nitrogen and oxygen atoms in total. The van der Waals surface area contributed by atoms with Gasteiger partial charge in [-0.2, -0.15) is 0 Å². The molecule has 2 aromatic rings. The zero-order valence-electron chi connectivity index (χ0n) is 11.0. The van der Waals surface area contributed by atoms with Crippen molar-refractivity contribution in [3.05, 3.63) is 54.4 Å².